The van der Waals surface area contributed by atoms with Gasteiger partial charge in [-0.05, 0) is 37.2 Å². The second kappa shape index (κ2) is 9.57. The quantitative estimate of drug-likeness (QED) is 0.460. The molecule has 0 aliphatic carbocycles. The minimum atomic E-state index is -3.34. The largest absolute Gasteiger partial charge is 0.379 e. The van der Waals surface area contributed by atoms with Crippen LogP contribution in [0.1, 0.15) is 17.7 Å². The number of fused-ring (bicyclic) bond motifs is 1. The molecule has 12 heteroatoms. The maximum absolute atomic E-state index is 12.5. The number of nitrogens with one attached hydrogen (secondary N) is 2. The zero-order valence-electron chi connectivity index (χ0n) is 17.3. The summed E-state index contributed by atoms with van der Waals surface area (Å²) in [6, 6.07) is 6.71. The van der Waals surface area contributed by atoms with Crippen LogP contribution in [-0.4, -0.2) is 74.3 Å². The SMILES string of the molecule is O=C(NCCCN1CCOCC1)C(=O)Nc1c2c(nn1-c1ccc(Cl)cc1)CS(=O)(=O)C2. The Labute approximate surface area is 190 Å². The summed E-state index contributed by atoms with van der Waals surface area (Å²) in [7, 11) is -3.34. The van der Waals surface area contributed by atoms with Crippen molar-refractivity contribution in [2.24, 2.45) is 0 Å². The van der Waals surface area contributed by atoms with Crippen molar-refractivity contribution in [1.29, 1.82) is 0 Å². The number of aromatic nitrogens is 2. The van der Waals surface area contributed by atoms with Crippen LogP contribution in [0.5, 0.6) is 0 Å². The van der Waals surface area contributed by atoms with E-state index in [2.05, 4.69) is 20.6 Å². The zero-order valence-corrected chi connectivity index (χ0v) is 18.9. The lowest BCUT2D eigenvalue weighted by atomic mass is 10.2. The lowest BCUT2D eigenvalue weighted by molar-refractivity contribution is -0.136. The minimum Gasteiger partial charge on any atom is -0.379 e. The normalized spacial score (nSPS) is 17.7. The van der Waals surface area contributed by atoms with Gasteiger partial charge in [-0.15, -0.1) is 0 Å². The number of sulfone groups is 1. The highest BCUT2D eigenvalue weighted by Crippen LogP contribution is 2.33. The molecule has 1 fully saturated rings. The van der Waals surface area contributed by atoms with Gasteiger partial charge in [-0.1, -0.05) is 11.6 Å². The fraction of sp³-hybridized carbons (Fsp3) is 0.450. The third-order valence-electron chi connectivity index (χ3n) is 5.34. The van der Waals surface area contributed by atoms with Crippen molar-refractivity contribution in [1.82, 2.24) is 20.0 Å². The summed E-state index contributed by atoms with van der Waals surface area (Å²) in [5, 5.41) is 10.1. The molecule has 2 aliphatic rings. The second-order valence-electron chi connectivity index (χ2n) is 7.71. The molecule has 2 amide bonds. The second-order valence-corrected chi connectivity index (χ2v) is 10.2. The fourth-order valence-electron chi connectivity index (χ4n) is 3.71. The zero-order chi connectivity index (χ0) is 22.7. The van der Waals surface area contributed by atoms with Gasteiger partial charge in [0.2, 0.25) is 0 Å². The summed E-state index contributed by atoms with van der Waals surface area (Å²) in [4.78, 5) is 27.1. The average molecular weight is 482 g/mol. The van der Waals surface area contributed by atoms with E-state index in [0.717, 1.165) is 19.6 Å². The fourth-order valence-corrected chi connectivity index (χ4v) is 5.33. The van der Waals surface area contributed by atoms with Gasteiger partial charge in [0.25, 0.3) is 0 Å². The van der Waals surface area contributed by atoms with E-state index >= 15 is 0 Å². The van der Waals surface area contributed by atoms with Gasteiger partial charge in [-0.25, -0.2) is 13.1 Å². The molecular formula is C20H24ClN5O5S. The first-order valence-corrected chi connectivity index (χ1v) is 12.5. The van der Waals surface area contributed by atoms with Gasteiger partial charge in [0, 0.05) is 30.2 Å². The average Bonchev–Trinajstić information content (AvgIpc) is 3.24. The molecule has 2 aromatic rings. The Morgan fingerprint density at radius 3 is 2.53 bits per heavy atom. The molecule has 0 unspecified atom stereocenters. The first-order valence-electron chi connectivity index (χ1n) is 10.3. The number of carbonyl (C=O) groups is 2. The molecule has 1 aromatic carbocycles. The van der Waals surface area contributed by atoms with Crippen LogP contribution in [0.2, 0.25) is 5.02 Å². The van der Waals surface area contributed by atoms with Crippen LogP contribution in [0.25, 0.3) is 5.69 Å². The molecule has 2 N–H and O–H groups in total. The number of hydrogen-bond acceptors (Lipinski definition) is 7. The van der Waals surface area contributed by atoms with E-state index < -0.39 is 21.7 Å². The lowest BCUT2D eigenvalue weighted by Crippen LogP contribution is -2.40. The molecule has 10 nitrogen and oxygen atoms in total. The molecule has 2 aliphatic heterocycles. The maximum atomic E-state index is 12.5. The maximum Gasteiger partial charge on any atom is 0.314 e. The smallest absolute Gasteiger partial charge is 0.314 e. The third-order valence-corrected chi connectivity index (χ3v) is 7.03. The van der Waals surface area contributed by atoms with E-state index in [0.29, 0.717) is 48.1 Å². The van der Waals surface area contributed by atoms with Gasteiger partial charge in [0.05, 0.1) is 36.1 Å². The van der Waals surface area contributed by atoms with Crippen LogP contribution in [0.15, 0.2) is 24.3 Å². The van der Waals surface area contributed by atoms with Crippen LogP contribution in [0.3, 0.4) is 0 Å². The van der Waals surface area contributed by atoms with Crippen molar-refractivity contribution in [3.8, 4) is 5.69 Å². The minimum absolute atomic E-state index is 0.178. The standard InChI is InChI=1S/C20H24ClN5O5S/c21-14-2-4-15(5-3-14)26-18(16-12-32(29,30)13-17(16)24-26)23-20(28)19(27)22-6-1-7-25-8-10-31-11-9-25/h2-5H,1,6-13H2,(H,22,27)(H,23,28). The van der Waals surface area contributed by atoms with Crippen LogP contribution < -0.4 is 10.6 Å². The lowest BCUT2D eigenvalue weighted by Gasteiger charge is -2.26. The van der Waals surface area contributed by atoms with Crippen molar-refractivity contribution in [3.63, 3.8) is 0 Å². The van der Waals surface area contributed by atoms with E-state index in [-0.39, 0.29) is 17.3 Å². The van der Waals surface area contributed by atoms with Gasteiger partial charge < -0.3 is 15.4 Å². The van der Waals surface area contributed by atoms with Gasteiger partial charge in [-0.2, -0.15) is 5.10 Å². The number of rotatable bonds is 6. The number of hydrogen-bond donors (Lipinski definition) is 2. The first kappa shape index (κ1) is 22.7. The Kier molecular flexibility index (Phi) is 6.79. The Morgan fingerprint density at radius 1 is 1.09 bits per heavy atom. The summed E-state index contributed by atoms with van der Waals surface area (Å²) in [5.74, 6) is -1.94. The van der Waals surface area contributed by atoms with Crippen molar-refractivity contribution >= 4 is 39.1 Å². The van der Waals surface area contributed by atoms with Gasteiger partial charge >= 0.3 is 11.8 Å². The molecule has 0 saturated carbocycles. The Morgan fingerprint density at radius 2 is 1.81 bits per heavy atom. The highest BCUT2D eigenvalue weighted by molar-refractivity contribution is 7.90. The first-order chi connectivity index (χ1) is 15.3. The van der Waals surface area contributed by atoms with Gasteiger partial charge in [0.15, 0.2) is 9.84 Å². The highest BCUT2D eigenvalue weighted by atomic mass is 35.5. The van der Waals surface area contributed by atoms with Crippen LogP contribution >= 0.6 is 11.6 Å². The van der Waals surface area contributed by atoms with Crippen molar-refractivity contribution in [2.45, 2.75) is 17.9 Å². The van der Waals surface area contributed by atoms with Crippen LogP contribution in [0.4, 0.5) is 5.82 Å². The highest BCUT2D eigenvalue weighted by Gasteiger charge is 2.33. The molecule has 3 heterocycles. The molecule has 4 rings (SSSR count). The van der Waals surface area contributed by atoms with E-state index in [9.17, 15) is 18.0 Å². The van der Waals surface area contributed by atoms with Crippen molar-refractivity contribution < 1.29 is 22.7 Å². The number of nitrogens with zero attached hydrogens (tertiary/aromatic N) is 3. The molecule has 0 spiro atoms. The summed E-state index contributed by atoms with van der Waals surface area (Å²) in [6.07, 6.45) is 0.704. The molecule has 172 valence electrons. The van der Waals surface area contributed by atoms with Crippen molar-refractivity contribution in [3.05, 3.63) is 40.5 Å². The molecule has 32 heavy (non-hydrogen) atoms. The number of amides is 2. The number of ether oxygens (including phenoxy) is 1. The molecule has 0 atom stereocenters. The number of anilines is 1. The molecule has 1 aromatic heterocycles. The Hall–Kier alpha value is -2.47. The summed E-state index contributed by atoms with van der Waals surface area (Å²) < 4.78 is 30.8. The van der Waals surface area contributed by atoms with Gasteiger partial charge in [-0.3, -0.25) is 14.5 Å². The summed E-state index contributed by atoms with van der Waals surface area (Å²) in [6.45, 7) is 4.28. The van der Waals surface area contributed by atoms with E-state index in [1.165, 1.54) is 4.68 Å². The monoisotopic (exact) mass is 481 g/mol. The Balaban J connectivity index is 1.42. The van der Waals surface area contributed by atoms with E-state index in [4.69, 9.17) is 16.3 Å². The van der Waals surface area contributed by atoms with E-state index in [1.807, 2.05) is 0 Å². The molecule has 1 saturated heterocycles. The molecule has 0 radical (unpaired) electrons. The number of halogens is 1. The van der Waals surface area contributed by atoms with E-state index in [1.54, 1.807) is 24.3 Å². The summed E-state index contributed by atoms with van der Waals surface area (Å²) >= 11 is 5.95. The molecule has 0 bridgehead atoms. The van der Waals surface area contributed by atoms with Gasteiger partial charge in [0.1, 0.15) is 5.82 Å². The number of carbonyl (C=O) groups excluding carboxylic acids is 2. The topological polar surface area (TPSA) is 123 Å². The number of morpholine rings is 1. The molecular weight excluding hydrogens is 458 g/mol. The Bertz CT molecular complexity index is 1110. The predicted molar refractivity (Wildman–Crippen MR) is 118 cm³/mol. The third kappa shape index (κ3) is 5.29. The summed E-state index contributed by atoms with van der Waals surface area (Å²) in [5.41, 5.74) is 1.34. The predicted octanol–water partition coefficient (Wildman–Crippen LogP) is 0.731. The number of benzene rings is 1. The van der Waals surface area contributed by atoms with Crippen LogP contribution in [-0.2, 0) is 35.7 Å². The van der Waals surface area contributed by atoms with Crippen molar-refractivity contribution in [2.75, 3.05) is 44.7 Å². The van der Waals surface area contributed by atoms with Crippen LogP contribution in [0, 0.1) is 0 Å².